The molecule has 20 heavy (non-hydrogen) atoms. The molecule has 1 fully saturated rings. The largest absolute Gasteiger partial charge is 0.383 e. The number of piperazine rings is 1. The average Bonchev–Trinajstić information content (AvgIpc) is 2.85. The predicted octanol–water partition coefficient (Wildman–Crippen LogP) is 1.63. The van der Waals surface area contributed by atoms with Crippen molar-refractivity contribution in [3.8, 4) is 0 Å². The first kappa shape index (κ1) is 15.4. The van der Waals surface area contributed by atoms with Crippen LogP contribution in [0.2, 0.25) is 0 Å². The van der Waals surface area contributed by atoms with E-state index in [2.05, 4.69) is 23.1 Å². The Balaban J connectivity index is 1.93. The van der Waals surface area contributed by atoms with Crippen LogP contribution in [-0.2, 0) is 4.74 Å². The Kier molecular flexibility index (Phi) is 4.78. The summed E-state index contributed by atoms with van der Waals surface area (Å²) in [7, 11) is 1.73. The van der Waals surface area contributed by atoms with Crippen molar-refractivity contribution < 1.29 is 9.53 Å². The van der Waals surface area contributed by atoms with E-state index in [-0.39, 0.29) is 11.4 Å². The van der Waals surface area contributed by atoms with E-state index < -0.39 is 0 Å². The number of amides is 1. The SMILES string of the molecule is COCC(C)(C)N1CCN(C(=O)c2cc(C)sn2)CC1. The van der Waals surface area contributed by atoms with Gasteiger partial charge in [-0.3, -0.25) is 9.69 Å². The molecule has 1 aliphatic rings. The zero-order valence-electron chi connectivity index (χ0n) is 12.7. The summed E-state index contributed by atoms with van der Waals surface area (Å²) >= 11 is 1.38. The molecule has 0 unspecified atom stereocenters. The van der Waals surface area contributed by atoms with Crippen molar-refractivity contribution in [2.45, 2.75) is 26.3 Å². The number of methoxy groups -OCH3 is 1. The lowest BCUT2D eigenvalue weighted by molar-refractivity contribution is 0.00360. The van der Waals surface area contributed by atoms with Crippen molar-refractivity contribution in [1.82, 2.24) is 14.2 Å². The maximum atomic E-state index is 12.3. The molecule has 1 amide bonds. The molecule has 2 rings (SSSR count). The van der Waals surface area contributed by atoms with Gasteiger partial charge in [0.25, 0.3) is 5.91 Å². The molecular weight excluding hydrogens is 274 g/mol. The summed E-state index contributed by atoms with van der Waals surface area (Å²) in [5.74, 6) is 0.0542. The molecule has 0 aromatic carbocycles. The zero-order chi connectivity index (χ0) is 14.8. The number of aryl methyl sites for hydroxylation is 1. The van der Waals surface area contributed by atoms with Crippen molar-refractivity contribution in [3.05, 3.63) is 16.6 Å². The van der Waals surface area contributed by atoms with Gasteiger partial charge in [0.05, 0.1) is 6.61 Å². The third-order valence-electron chi connectivity index (χ3n) is 3.77. The monoisotopic (exact) mass is 297 g/mol. The van der Waals surface area contributed by atoms with Crippen LogP contribution in [0.4, 0.5) is 0 Å². The molecule has 0 atom stereocenters. The van der Waals surface area contributed by atoms with E-state index in [4.69, 9.17) is 4.74 Å². The fourth-order valence-corrected chi connectivity index (χ4v) is 3.13. The first-order valence-electron chi connectivity index (χ1n) is 6.90. The topological polar surface area (TPSA) is 45.7 Å². The van der Waals surface area contributed by atoms with Crippen molar-refractivity contribution in [3.63, 3.8) is 0 Å². The Morgan fingerprint density at radius 1 is 1.40 bits per heavy atom. The molecule has 0 saturated carbocycles. The van der Waals surface area contributed by atoms with Crippen molar-refractivity contribution >= 4 is 17.4 Å². The Labute approximate surface area is 124 Å². The molecular formula is C14H23N3O2S. The highest BCUT2D eigenvalue weighted by molar-refractivity contribution is 7.05. The Morgan fingerprint density at radius 3 is 2.55 bits per heavy atom. The highest BCUT2D eigenvalue weighted by atomic mass is 32.1. The van der Waals surface area contributed by atoms with Gasteiger partial charge >= 0.3 is 0 Å². The molecule has 0 spiro atoms. The summed E-state index contributed by atoms with van der Waals surface area (Å²) < 4.78 is 9.48. The number of carbonyl (C=O) groups excluding carboxylic acids is 1. The molecule has 1 saturated heterocycles. The number of nitrogens with zero attached hydrogens (tertiary/aromatic N) is 3. The van der Waals surface area contributed by atoms with Crippen molar-refractivity contribution in [2.75, 3.05) is 39.9 Å². The van der Waals surface area contributed by atoms with Gasteiger partial charge < -0.3 is 9.64 Å². The van der Waals surface area contributed by atoms with Crippen LogP contribution in [0, 0.1) is 6.92 Å². The molecule has 1 aliphatic heterocycles. The lowest BCUT2D eigenvalue weighted by Gasteiger charge is -2.43. The lowest BCUT2D eigenvalue weighted by Crippen LogP contribution is -2.57. The molecule has 1 aromatic heterocycles. The molecule has 2 heterocycles. The fraction of sp³-hybridized carbons (Fsp3) is 0.714. The van der Waals surface area contributed by atoms with Gasteiger partial charge in [0, 0.05) is 43.7 Å². The molecule has 1 aromatic rings. The van der Waals surface area contributed by atoms with Gasteiger partial charge in [0.1, 0.15) is 5.69 Å². The highest BCUT2D eigenvalue weighted by Gasteiger charge is 2.31. The number of ether oxygens (including phenoxy) is 1. The maximum Gasteiger partial charge on any atom is 0.273 e. The Morgan fingerprint density at radius 2 is 2.05 bits per heavy atom. The van der Waals surface area contributed by atoms with Gasteiger partial charge in [0.15, 0.2) is 0 Å². The minimum absolute atomic E-state index is 0.0150. The third-order valence-corrected chi connectivity index (χ3v) is 4.46. The van der Waals surface area contributed by atoms with Crippen LogP contribution >= 0.6 is 11.5 Å². The van der Waals surface area contributed by atoms with E-state index in [0.717, 1.165) is 31.1 Å². The summed E-state index contributed by atoms with van der Waals surface area (Å²) in [5.41, 5.74) is 0.596. The highest BCUT2D eigenvalue weighted by Crippen LogP contribution is 2.19. The third kappa shape index (κ3) is 3.37. The van der Waals surface area contributed by atoms with Gasteiger partial charge in [-0.25, -0.2) is 0 Å². The smallest absolute Gasteiger partial charge is 0.273 e. The number of rotatable bonds is 4. The summed E-state index contributed by atoms with van der Waals surface area (Å²) in [5, 5.41) is 0. The molecule has 6 heteroatoms. The molecule has 0 N–H and O–H groups in total. The van der Waals surface area contributed by atoms with Gasteiger partial charge in [0.2, 0.25) is 0 Å². The van der Waals surface area contributed by atoms with Gasteiger partial charge in [-0.2, -0.15) is 4.37 Å². The first-order chi connectivity index (χ1) is 9.44. The molecule has 112 valence electrons. The van der Waals surface area contributed by atoms with Gasteiger partial charge in [-0.05, 0) is 38.4 Å². The second kappa shape index (κ2) is 6.20. The van der Waals surface area contributed by atoms with Gasteiger partial charge in [-0.1, -0.05) is 0 Å². The number of hydrogen-bond donors (Lipinski definition) is 0. The minimum Gasteiger partial charge on any atom is -0.383 e. The summed E-state index contributed by atoms with van der Waals surface area (Å²) in [6.45, 7) is 10.3. The van der Waals surface area contributed by atoms with E-state index in [1.807, 2.05) is 17.9 Å². The fourth-order valence-electron chi connectivity index (χ4n) is 2.59. The first-order valence-corrected chi connectivity index (χ1v) is 7.68. The van der Waals surface area contributed by atoms with E-state index in [9.17, 15) is 4.79 Å². The Bertz CT molecular complexity index is 465. The maximum absolute atomic E-state index is 12.3. The average molecular weight is 297 g/mol. The summed E-state index contributed by atoms with van der Waals surface area (Å²) in [6, 6.07) is 1.87. The second-order valence-corrected chi connectivity index (χ2v) is 6.86. The number of aromatic nitrogens is 1. The summed E-state index contributed by atoms with van der Waals surface area (Å²) in [4.78, 5) is 17.7. The lowest BCUT2D eigenvalue weighted by atomic mass is 10.0. The minimum atomic E-state index is 0.0150. The van der Waals surface area contributed by atoms with Crippen LogP contribution in [0.3, 0.4) is 0 Å². The van der Waals surface area contributed by atoms with Gasteiger partial charge in [-0.15, -0.1) is 0 Å². The number of carbonyl (C=O) groups is 1. The number of hydrogen-bond acceptors (Lipinski definition) is 5. The molecule has 0 aliphatic carbocycles. The summed E-state index contributed by atoms with van der Waals surface area (Å²) in [6.07, 6.45) is 0. The van der Waals surface area contributed by atoms with Crippen LogP contribution in [0.25, 0.3) is 0 Å². The van der Waals surface area contributed by atoms with E-state index in [0.29, 0.717) is 12.3 Å². The van der Waals surface area contributed by atoms with Crippen molar-refractivity contribution in [2.24, 2.45) is 0 Å². The predicted molar refractivity (Wildman–Crippen MR) is 80.3 cm³/mol. The van der Waals surface area contributed by atoms with E-state index >= 15 is 0 Å². The van der Waals surface area contributed by atoms with E-state index in [1.165, 1.54) is 11.5 Å². The molecule has 0 radical (unpaired) electrons. The Hall–Kier alpha value is -0.980. The standard InChI is InChI=1S/C14H23N3O2S/c1-11-9-12(15-20-11)13(18)16-5-7-17(8-6-16)14(2,3)10-19-4/h9H,5-8,10H2,1-4H3. The molecule has 5 nitrogen and oxygen atoms in total. The second-order valence-electron chi connectivity index (χ2n) is 5.85. The molecule has 0 bridgehead atoms. The quantitative estimate of drug-likeness (QED) is 0.847. The van der Waals surface area contributed by atoms with Crippen LogP contribution < -0.4 is 0 Å². The van der Waals surface area contributed by atoms with Crippen LogP contribution in [0.5, 0.6) is 0 Å². The van der Waals surface area contributed by atoms with Crippen LogP contribution in [0.1, 0.15) is 29.2 Å². The normalized spacial score (nSPS) is 17.5. The van der Waals surface area contributed by atoms with E-state index in [1.54, 1.807) is 7.11 Å². The van der Waals surface area contributed by atoms with Crippen molar-refractivity contribution in [1.29, 1.82) is 0 Å². The van der Waals surface area contributed by atoms with Crippen LogP contribution in [-0.4, -0.2) is 65.5 Å². The zero-order valence-corrected chi connectivity index (χ0v) is 13.5. The van der Waals surface area contributed by atoms with Crippen LogP contribution in [0.15, 0.2) is 6.07 Å².